The normalized spacial score (nSPS) is 10.5. The number of rotatable bonds is 4. The molecule has 3 N–H and O–H groups in total. The molecule has 0 unspecified atom stereocenters. The second-order valence-corrected chi connectivity index (χ2v) is 5.82. The highest BCUT2D eigenvalue weighted by Crippen LogP contribution is 2.18. The van der Waals surface area contributed by atoms with Gasteiger partial charge in [-0.15, -0.1) is 0 Å². The van der Waals surface area contributed by atoms with Crippen molar-refractivity contribution in [3.05, 3.63) is 59.8 Å². The number of H-pyrrole nitrogens is 1. The molecule has 0 aliphatic rings. The molecule has 0 saturated heterocycles. The van der Waals surface area contributed by atoms with E-state index in [-0.39, 0.29) is 0 Å². The summed E-state index contributed by atoms with van der Waals surface area (Å²) < 4.78 is 5.20. The highest BCUT2D eigenvalue weighted by atomic mass is 32.1. The van der Waals surface area contributed by atoms with Crippen molar-refractivity contribution in [3.63, 3.8) is 0 Å². The maximum atomic E-state index is 5.35. The fourth-order valence-electron chi connectivity index (χ4n) is 2.50. The van der Waals surface area contributed by atoms with Gasteiger partial charge < -0.3 is 20.4 Å². The topological polar surface area (TPSA) is 49.1 Å². The lowest BCUT2D eigenvalue weighted by Gasteiger charge is -2.11. The molecule has 4 nitrogen and oxygen atoms in total. The van der Waals surface area contributed by atoms with E-state index in [1.807, 2.05) is 24.3 Å². The summed E-state index contributed by atoms with van der Waals surface area (Å²) in [5.41, 5.74) is 4.41. The Morgan fingerprint density at radius 2 is 2.04 bits per heavy atom. The second-order valence-electron chi connectivity index (χ2n) is 5.41. The SMILES string of the molecule is COc1cccc(NC(=S)NCc2ccc3[nH]c(C)cc3c2)c1. The quantitative estimate of drug-likeness (QED) is 0.635. The van der Waals surface area contributed by atoms with E-state index < -0.39 is 0 Å². The zero-order valence-corrected chi connectivity index (χ0v) is 14.0. The average molecular weight is 325 g/mol. The maximum Gasteiger partial charge on any atom is 0.171 e. The van der Waals surface area contributed by atoms with Crippen molar-refractivity contribution in [1.82, 2.24) is 10.3 Å². The van der Waals surface area contributed by atoms with E-state index in [0.29, 0.717) is 11.7 Å². The number of fused-ring (bicyclic) bond motifs is 1. The number of hydrogen-bond acceptors (Lipinski definition) is 2. The predicted molar refractivity (Wildman–Crippen MR) is 99.1 cm³/mol. The Bertz CT molecular complexity index is 841. The van der Waals surface area contributed by atoms with Crippen LogP contribution in [0.5, 0.6) is 5.75 Å². The fourth-order valence-corrected chi connectivity index (χ4v) is 2.69. The van der Waals surface area contributed by atoms with Crippen LogP contribution in [0.3, 0.4) is 0 Å². The van der Waals surface area contributed by atoms with Gasteiger partial charge in [0.2, 0.25) is 0 Å². The lowest BCUT2D eigenvalue weighted by molar-refractivity contribution is 0.415. The third-order valence-electron chi connectivity index (χ3n) is 3.60. The maximum absolute atomic E-state index is 5.35. The summed E-state index contributed by atoms with van der Waals surface area (Å²) in [6.45, 7) is 2.74. The number of hydrogen-bond donors (Lipinski definition) is 3. The monoisotopic (exact) mass is 325 g/mol. The van der Waals surface area contributed by atoms with Gasteiger partial charge in [0.15, 0.2) is 5.11 Å². The first-order valence-electron chi connectivity index (χ1n) is 7.41. The van der Waals surface area contributed by atoms with Crippen LogP contribution in [0.4, 0.5) is 5.69 Å². The number of aryl methyl sites for hydroxylation is 1. The van der Waals surface area contributed by atoms with Gasteiger partial charge in [-0.2, -0.15) is 0 Å². The number of methoxy groups -OCH3 is 1. The Kier molecular flexibility index (Phi) is 4.48. The molecule has 118 valence electrons. The lowest BCUT2D eigenvalue weighted by atomic mass is 10.1. The van der Waals surface area contributed by atoms with Crippen LogP contribution in [-0.4, -0.2) is 17.2 Å². The molecular formula is C18H19N3OS. The number of nitrogens with one attached hydrogen (secondary N) is 3. The molecule has 0 amide bonds. The smallest absolute Gasteiger partial charge is 0.171 e. The van der Waals surface area contributed by atoms with E-state index in [4.69, 9.17) is 17.0 Å². The zero-order chi connectivity index (χ0) is 16.2. The number of aromatic amines is 1. The number of ether oxygens (including phenoxy) is 1. The summed E-state index contributed by atoms with van der Waals surface area (Å²) in [6, 6.07) is 16.2. The summed E-state index contributed by atoms with van der Waals surface area (Å²) in [7, 11) is 1.65. The van der Waals surface area contributed by atoms with Crippen LogP contribution in [0.25, 0.3) is 10.9 Å². The summed E-state index contributed by atoms with van der Waals surface area (Å²) in [4.78, 5) is 3.32. The van der Waals surface area contributed by atoms with Crippen LogP contribution in [-0.2, 0) is 6.54 Å². The molecule has 0 aliphatic heterocycles. The number of aromatic nitrogens is 1. The van der Waals surface area contributed by atoms with Crippen molar-refractivity contribution in [3.8, 4) is 5.75 Å². The van der Waals surface area contributed by atoms with Gasteiger partial charge in [-0.25, -0.2) is 0 Å². The lowest BCUT2D eigenvalue weighted by Crippen LogP contribution is -2.27. The van der Waals surface area contributed by atoms with E-state index in [9.17, 15) is 0 Å². The first-order chi connectivity index (χ1) is 11.1. The summed E-state index contributed by atoms with van der Waals surface area (Å²) in [5.74, 6) is 0.797. The van der Waals surface area contributed by atoms with Crippen LogP contribution >= 0.6 is 12.2 Å². The highest BCUT2D eigenvalue weighted by Gasteiger charge is 2.02. The molecule has 1 aromatic heterocycles. The van der Waals surface area contributed by atoms with Crippen molar-refractivity contribution in [2.75, 3.05) is 12.4 Å². The minimum atomic E-state index is 0.587. The third kappa shape index (κ3) is 3.81. The van der Waals surface area contributed by atoms with Gasteiger partial charge in [0.05, 0.1) is 7.11 Å². The van der Waals surface area contributed by atoms with Crippen molar-refractivity contribution < 1.29 is 4.74 Å². The third-order valence-corrected chi connectivity index (χ3v) is 3.85. The number of anilines is 1. The number of thiocarbonyl (C=S) groups is 1. The van der Waals surface area contributed by atoms with Gasteiger partial charge in [-0.05, 0) is 60.4 Å². The van der Waals surface area contributed by atoms with E-state index in [1.165, 1.54) is 16.6 Å². The zero-order valence-electron chi connectivity index (χ0n) is 13.1. The van der Waals surface area contributed by atoms with E-state index >= 15 is 0 Å². The van der Waals surface area contributed by atoms with Crippen LogP contribution in [0.15, 0.2) is 48.5 Å². The van der Waals surface area contributed by atoms with Crippen LogP contribution in [0.1, 0.15) is 11.3 Å². The molecule has 0 saturated carbocycles. The minimum Gasteiger partial charge on any atom is -0.497 e. The molecule has 3 rings (SSSR count). The Balaban J connectivity index is 1.61. The van der Waals surface area contributed by atoms with Crippen LogP contribution < -0.4 is 15.4 Å². The van der Waals surface area contributed by atoms with Crippen molar-refractivity contribution >= 4 is 33.9 Å². The van der Waals surface area contributed by atoms with Gasteiger partial charge in [-0.3, -0.25) is 0 Å². The highest BCUT2D eigenvalue weighted by molar-refractivity contribution is 7.80. The Labute approximate surface area is 140 Å². The molecule has 0 radical (unpaired) electrons. The summed E-state index contributed by atoms with van der Waals surface area (Å²) >= 11 is 5.35. The molecule has 0 aliphatic carbocycles. The van der Waals surface area contributed by atoms with E-state index in [2.05, 4.69) is 46.8 Å². The fraction of sp³-hybridized carbons (Fsp3) is 0.167. The summed E-state index contributed by atoms with van der Waals surface area (Å²) in [5, 5.41) is 8.19. The van der Waals surface area contributed by atoms with Gasteiger partial charge in [0.1, 0.15) is 5.75 Å². The molecule has 23 heavy (non-hydrogen) atoms. The molecule has 0 atom stereocenters. The van der Waals surface area contributed by atoms with Crippen LogP contribution in [0.2, 0.25) is 0 Å². The first-order valence-corrected chi connectivity index (χ1v) is 7.82. The Morgan fingerprint density at radius 1 is 1.17 bits per heavy atom. The van der Waals surface area contributed by atoms with Crippen molar-refractivity contribution in [2.45, 2.75) is 13.5 Å². The molecule has 2 aromatic carbocycles. The van der Waals surface area contributed by atoms with Gasteiger partial charge in [0.25, 0.3) is 0 Å². The Morgan fingerprint density at radius 3 is 2.87 bits per heavy atom. The predicted octanol–water partition coefficient (Wildman–Crippen LogP) is 3.97. The van der Waals surface area contributed by atoms with Crippen LogP contribution in [0, 0.1) is 6.92 Å². The molecule has 1 heterocycles. The largest absolute Gasteiger partial charge is 0.497 e. The van der Waals surface area contributed by atoms with Crippen molar-refractivity contribution in [2.24, 2.45) is 0 Å². The summed E-state index contributed by atoms with van der Waals surface area (Å²) in [6.07, 6.45) is 0. The molecule has 0 spiro atoms. The second kappa shape index (κ2) is 6.71. The molecule has 0 fully saturated rings. The molecule has 5 heteroatoms. The molecule has 3 aromatic rings. The average Bonchev–Trinajstić information content (AvgIpc) is 2.92. The number of benzene rings is 2. The van der Waals surface area contributed by atoms with Gasteiger partial charge in [0, 0.05) is 29.5 Å². The van der Waals surface area contributed by atoms with Gasteiger partial charge >= 0.3 is 0 Å². The minimum absolute atomic E-state index is 0.587. The van der Waals surface area contributed by atoms with E-state index in [0.717, 1.165) is 17.0 Å². The Hall–Kier alpha value is -2.53. The van der Waals surface area contributed by atoms with Crippen molar-refractivity contribution in [1.29, 1.82) is 0 Å². The van der Waals surface area contributed by atoms with E-state index in [1.54, 1.807) is 7.11 Å². The van der Waals surface area contributed by atoms with Gasteiger partial charge in [-0.1, -0.05) is 12.1 Å². The standard InChI is InChI=1S/C18H19N3OS/c1-12-8-14-9-13(6-7-17(14)20-12)11-19-18(23)21-15-4-3-5-16(10-15)22-2/h3-10,20H,11H2,1-2H3,(H2,19,21,23). The molecular weight excluding hydrogens is 306 g/mol. The molecule has 0 bridgehead atoms. The first kappa shape index (κ1) is 15.4.